The largest absolute Gasteiger partial charge is 0.365 e. The van der Waals surface area contributed by atoms with Gasteiger partial charge in [0.05, 0.1) is 12.0 Å². The average molecular weight is 309 g/mol. The van der Waals surface area contributed by atoms with Gasteiger partial charge in [-0.25, -0.2) is 0 Å². The highest BCUT2D eigenvalue weighted by Crippen LogP contribution is 2.55. The van der Waals surface area contributed by atoms with Gasteiger partial charge < -0.3 is 9.84 Å². The van der Waals surface area contributed by atoms with E-state index in [2.05, 4.69) is 0 Å². The van der Waals surface area contributed by atoms with Crippen LogP contribution in [-0.2, 0) is 4.74 Å². The lowest BCUT2D eigenvalue weighted by Gasteiger charge is -2.25. The maximum Gasteiger partial charge on any atom is 0.189 e. The Kier molecular flexibility index (Phi) is 3.74. The van der Waals surface area contributed by atoms with Gasteiger partial charge in [-0.1, -0.05) is 83.9 Å². The molecule has 1 aliphatic heterocycles. The van der Waals surface area contributed by atoms with Crippen LogP contribution in [0.1, 0.15) is 23.1 Å². The van der Waals surface area contributed by atoms with E-state index in [9.17, 15) is 5.11 Å². The number of rotatable bonds is 2. The van der Waals surface area contributed by atoms with Gasteiger partial charge in [0, 0.05) is 0 Å². The van der Waals surface area contributed by atoms with Crippen molar-refractivity contribution in [2.45, 2.75) is 22.6 Å². The molecule has 1 heterocycles. The molecule has 20 heavy (non-hydrogen) atoms. The second-order valence-corrected chi connectivity index (χ2v) is 6.33. The summed E-state index contributed by atoms with van der Waals surface area (Å²) in [5, 5.41) is 10.0. The average Bonchev–Trinajstić information content (AvgIpc) is 2.71. The van der Waals surface area contributed by atoms with E-state index in [0.29, 0.717) is 0 Å². The predicted octanol–water partition coefficient (Wildman–Crippen LogP) is 4.03. The van der Waals surface area contributed by atoms with E-state index in [1.165, 1.54) is 0 Å². The Morgan fingerprint density at radius 2 is 1.35 bits per heavy atom. The topological polar surface area (TPSA) is 29.5 Å². The number of alkyl halides is 2. The summed E-state index contributed by atoms with van der Waals surface area (Å²) in [4.78, 5) is 0. The monoisotopic (exact) mass is 308 g/mol. The fourth-order valence-corrected chi connectivity index (χ4v) is 3.22. The van der Waals surface area contributed by atoms with E-state index in [0.717, 1.165) is 11.1 Å². The van der Waals surface area contributed by atoms with Gasteiger partial charge in [0.15, 0.2) is 10.6 Å². The first-order valence-electron chi connectivity index (χ1n) is 6.42. The molecule has 0 aliphatic carbocycles. The predicted molar refractivity (Wildman–Crippen MR) is 79.9 cm³/mol. The van der Waals surface area contributed by atoms with E-state index < -0.39 is 10.6 Å². The molecule has 3 atom stereocenters. The lowest BCUT2D eigenvalue weighted by Crippen LogP contribution is -2.30. The van der Waals surface area contributed by atoms with Crippen LogP contribution in [0, 0.1) is 0 Å². The van der Waals surface area contributed by atoms with Gasteiger partial charge in [0.1, 0.15) is 0 Å². The summed E-state index contributed by atoms with van der Waals surface area (Å²) in [6, 6.07) is 19.3. The van der Waals surface area contributed by atoms with E-state index >= 15 is 0 Å². The van der Waals surface area contributed by atoms with Crippen molar-refractivity contribution < 1.29 is 9.84 Å². The molecule has 4 heteroatoms. The minimum atomic E-state index is -1.37. The third kappa shape index (κ3) is 2.33. The molecule has 1 fully saturated rings. The Balaban J connectivity index is 2.06. The molecule has 0 spiro atoms. The van der Waals surface area contributed by atoms with Crippen LogP contribution >= 0.6 is 23.2 Å². The van der Waals surface area contributed by atoms with Crippen molar-refractivity contribution in [2.75, 3.05) is 0 Å². The van der Waals surface area contributed by atoms with Gasteiger partial charge in [-0.15, -0.1) is 0 Å². The van der Waals surface area contributed by atoms with Crippen molar-refractivity contribution in [1.29, 1.82) is 0 Å². The summed E-state index contributed by atoms with van der Waals surface area (Å²) in [5.74, 6) is -0.329. The number of ether oxygens (including phenoxy) is 1. The Bertz CT molecular complexity index is 572. The Hall–Kier alpha value is -1.06. The molecule has 0 unspecified atom stereocenters. The summed E-state index contributed by atoms with van der Waals surface area (Å²) in [5.41, 5.74) is 1.89. The zero-order chi connectivity index (χ0) is 14.2. The van der Waals surface area contributed by atoms with Crippen LogP contribution in [-0.4, -0.2) is 15.7 Å². The van der Waals surface area contributed by atoms with Crippen LogP contribution in [0.4, 0.5) is 0 Å². The highest BCUT2D eigenvalue weighted by Gasteiger charge is 2.55. The van der Waals surface area contributed by atoms with Crippen LogP contribution in [0.25, 0.3) is 0 Å². The summed E-state index contributed by atoms with van der Waals surface area (Å²) in [6.45, 7) is 0. The molecule has 2 aromatic carbocycles. The van der Waals surface area contributed by atoms with Crippen molar-refractivity contribution in [3.63, 3.8) is 0 Å². The second-order valence-electron chi connectivity index (χ2n) is 4.88. The fraction of sp³-hybridized carbons (Fsp3) is 0.250. The van der Waals surface area contributed by atoms with Gasteiger partial charge >= 0.3 is 0 Å². The highest BCUT2D eigenvalue weighted by molar-refractivity contribution is 6.49. The van der Waals surface area contributed by atoms with Gasteiger partial charge in [-0.3, -0.25) is 0 Å². The van der Waals surface area contributed by atoms with Gasteiger partial charge in [-0.2, -0.15) is 0 Å². The highest BCUT2D eigenvalue weighted by atomic mass is 35.5. The standard InChI is InChI=1S/C16H14Cl2O2/c17-16(18)13(11-7-3-1-4-8-11)14(20-15(16)19)12-9-5-2-6-10-12/h1-10,13-15,19H/t13-,14-,15+/m1/s1. The summed E-state index contributed by atoms with van der Waals surface area (Å²) < 4.78 is 4.25. The van der Waals surface area contributed by atoms with Crippen LogP contribution in [0.5, 0.6) is 0 Å². The first-order valence-corrected chi connectivity index (χ1v) is 7.17. The first-order chi connectivity index (χ1) is 9.60. The molecule has 1 saturated heterocycles. The van der Waals surface area contributed by atoms with Crippen molar-refractivity contribution >= 4 is 23.2 Å². The lowest BCUT2D eigenvalue weighted by molar-refractivity contribution is -0.0949. The summed E-state index contributed by atoms with van der Waals surface area (Å²) in [6.07, 6.45) is -1.59. The Morgan fingerprint density at radius 1 is 0.850 bits per heavy atom. The summed E-state index contributed by atoms with van der Waals surface area (Å²) in [7, 11) is 0. The zero-order valence-electron chi connectivity index (χ0n) is 10.6. The van der Waals surface area contributed by atoms with Crippen LogP contribution in [0.2, 0.25) is 0 Å². The minimum absolute atomic E-state index is 0.329. The van der Waals surface area contributed by atoms with Gasteiger partial charge in [0.25, 0.3) is 0 Å². The molecule has 3 rings (SSSR count). The van der Waals surface area contributed by atoms with Crippen molar-refractivity contribution in [2.24, 2.45) is 0 Å². The van der Waals surface area contributed by atoms with E-state index in [1.807, 2.05) is 60.7 Å². The Labute approximate surface area is 127 Å². The maximum absolute atomic E-state index is 10.0. The molecular weight excluding hydrogens is 295 g/mol. The number of aliphatic hydroxyl groups is 1. The molecule has 1 N–H and O–H groups in total. The van der Waals surface area contributed by atoms with Crippen molar-refractivity contribution in [3.8, 4) is 0 Å². The van der Waals surface area contributed by atoms with Gasteiger partial charge in [0.2, 0.25) is 0 Å². The SMILES string of the molecule is O[C@H]1O[C@H](c2ccccc2)[C@@H](c2ccccc2)C1(Cl)Cl. The number of aliphatic hydroxyl groups excluding tert-OH is 1. The first kappa shape index (κ1) is 13.9. The number of halogens is 2. The van der Waals surface area contributed by atoms with Crippen LogP contribution < -0.4 is 0 Å². The molecule has 1 aliphatic rings. The Morgan fingerprint density at radius 3 is 1.90 bits per heavy atom. The second kappa shape index (κ2) is 5.38. The number of benzene rings is 2. The van der Waals surface area contributed by atoms with E-state index in [4.69, 9.17) is 27.9 Å². The van der Waals surface area contributed by atoms with Gasteiger partial charge in [-0.05, 0) is 11.1 Å². The minimum Gasteiger partial charge on any atom is -0.365 e. The summed E-state index contributed by atoms with van der Waals surface area (Å²) >= 11 is 12.7. The molecule has 2 nitrogen and oxygen atoms in total. The van der Waals surface area contributed by atoms with Crippen LogP contribution in [0.3, 0.4) is 0 Å². The smallest absolute Gasteiger partial charge is 0.189 e. The normalized spacial score (nSPS) is 28.4. The molecule has 0 amide bonds. The van der Waals surface area contributed by atoms with Crippen molar-refractivity contribution in [1.82, 2.24) is 0 Å². The molecule has 0 saturated carbocycles. The van der Waals surface area contributed by atoms with E-state index in [-0.39, 0.29) is 12.0 Å². The van der Waals surface area contributed by atoms with Crippen molar-refractivity contribution in [3.05, 3.63) is 71.8 Å². The third-order valence-electron chi connectivity index (χ3n) is 3.61. The fourth-order valence-electron chi connectivity index (χ4n) is 2.63. The molecule has 2 aromatic rings. The zero-order valence-corrected chi connectivity index (χ0v) is 12.1. The van der Waals surface area contributed by atoms with E-state index in [1.54, 1.807) is 0 Å². The number of hydrogen-bond acceptors (Lipinski definition) is 2. The molecular formula is C16H14Cl2O2. The quantitative estimate of drug-likeness (QED) is 0.849. The van der Waals surface area contributed by atoms with Crippen LogP contribution in [0.15, 0.2) is 60.7 Å². The molecule has 104 valence electrons. The molecule has 0 radical (unpaired) electrons. The molecule has 0 bridgehead atoms. The maximum atomic E-state index is 10.0. The third-order valence-corrected chi connectivity index (χ3v) is 4.45. The molecule has 0 aromatic heterocycles. The number of hydrogen-bond donors (Lipinski definition) is 1. The lowest BCUT2D eigenvalue weighted by atomic mass is 9.88.